The van der Waals surface area contributed by atoms with Crippen LogP contribution in [0.3, 0.4) is 0 Å². The average molecular weight is 136 g/mol. The van der Waals surface area contributed by atoms with E-state index in [9.17, 15) is 8.78 Å². The third kappa shape index (κ3) is 4.37. The summed E-state index contributed by atoms with van der Waals surface area (Å²) in [6, 6.07) is 0. The predicted molar refractivity (Wildman–Crippen MR) is 34.8 cm³/mol. The first-order valence-corrected chi connectivity index (χ1v) is 3.50. The van der Waals surface area contributed by atoms with Crippen LogP contribution < -0.4 is 0 Å². The van der Waals surface area contributed by atoms with E-state index in [0.29, 0.717) is 6.42 Å². The number of alkyl halides is 2. The van der Waals surface area contributed by atoms with Crippen molar-refractivity contribution in [2.75, 3.05) is 0 Å². The summed E-state index contributed by atoms with van der Waals surface area (Å²) < 4.78 is 24.7. The van der Waals surface area contributed by atoms with Crippen molar-refractivity contribution in [3.05, 3.63) is 0 Å². The van der Waals surface area contributed by atoms with Gasteiger partial charge in [-0.1, -0.05) is 20.3 Å². The van der Waals surface area contributed by atoms with Gasteiger partial charge < -0.3 is 0 Å². The lowest BCUT2D eigenvalue weighted by Gasteiger charge is -2.11. The standard InChI is InChI=1S/C7H14F2/c1-3-5-6-7(8,9)4-2/h3-6H2,1-2H3. The van der Waals surface area contributed by atoms with Gasteiger partial charge in [-0.15, -0.1) is 0 Å². The highest BCUT2D eigenvalue weighted by Crippen LogP contribution is 2.24. The molecule has 0 unspecified atom stereocenters. The molecule has 0 saturated heterocycles. The first-order valence-electron chi connectivity index (χ1n) is 3.50. The van der Waals surface area contributed by atoms with Gasteiger partial charge in [-0.25, -0.2) is 8.78 Å². The summed E-state index contributed by atoms with van der Waals surface area (Å²) in [5, 5.41) is 0. The average Bonchev–Trinajstić information content (AvgIpc) is 1.84. The Balaban J connectivity index is 3.33. The van der Waals surface area contributed by atoms with E-state index in [1.807, 2.05) is 6.92 Å². The van der Waals surface area contributed by atoms with Gasteiger partial charge in [-0.05, 0) is 6.42 Å². The molecule has 0 nitrogen and oxygen atoms in total. The van der Waals surface area contributed by atoms with Crippen molar-refractivity contribution >= 4 is 0 Å². The van der Waals surface area contributed by atoms with Crippen LogP contribution in [-0.4, -0.2) is 5.92 Å². The molecule has 0 heterocycles. The van der Waals surface area contributed by atoms with Crippen LogP contribution >= 0.6 is 0 Å². The van der Waals surface area contributed by atoms with E-state index in [-0.39, 0.29) is 12.8 Å². The lowest BCUT2D eigenvalue weighted by atomic mass is 10.1. The summed E-state index contributed by atoms with van der Waals surface area (Å²) in [4.78, 5) is 0. The topological polar surface area (TPSA) is 0 Å². The Labute approximate surface area is 55.3 Å². The van der Waals surface area contributed by atoms with Crippen molar-refractivity contribution < 1.29 is 8.78 Å². The fourth-order valence-electron chi connectivity index (χ4n) is 0.612. The highest BCUT2D eigenvalue weighted by Gasteiger charge is 2.24. The largest absolute Gasteiger partial charge is 0.247 e. The smallest absolute Gasteiger partial charge is 0.207 e. The van der Waals surface area contributed by atoms with Gasteiger partial charge in [-0.2, -0.15) is 0 Å². The second-order valence-electron chi connectivity index (χ2n) is 2.31. The van der Waals surface area contributed by atoms with Crippen molar-refractivity contribution in [3.63, 3.8) is 0 Å². The van der Waals surface area contributed by atoms with Crippen molar-refractivity contribution in [2.24, 2.45) is 0 Å². The fraction of sp³-hybridized carbons (Fsp3) is 1.00. The van der Waals surface area contributed by atoms with Gasteiger partial charge in [0.2, 0.25) is 5.92 Å². The summed E-state index contributed by atoms with van der Waals surface area (Å²) in [5.74, 6) is -2.41. The molecular formula is C7H14F2. The Morgan fingerprint density at radius 3 is 2.11 bits per heavy atom. The van der Waals surface area contributed by atoms with Gasteiger partial charge in [0.05, 0.1) is 0 Å². The predicted octanol–water partition coefficient (Wildman–Crippen LogP) is 3.22. The molecular weight excluding hydrogens is 122 g/mol. The quantitative estimate of drug-likeness (QED) is 0.556. The minimum absolute atomic E-state index is 0.0208. The molecule has 0 amide bonds. The third-order valence-electron chi connectivity index (χ3n) is 1.41. The molecule has 9 heavy (non-hydrogen) atoms. The summed E-state index contributed by atoms with van der Waals surface area (Å²) >= 11 is 0. The Bertz CT molecular complexity index is 69.3. The van der Waals surface area contributed by atoms with Crippen LogP contribution in [0.4, 0.5) is 8.78 Å². The zero-order chi connectivity index (χ0) is 7.33. The lowest BCUT2D eigenvalue weighted by Crippen LogP contribution is -2.13. The summed E-state index contributed by atoms with van der Waals surface area (Å²) in [7, 11) is 0. The molecule has 0 aromatic heterocycles. The molecule has 56 valence electrons. The summed E-state index contributed by atoms with van der Waals surface area (Å²) in [6.07, 6.45) is 1.53. The van der Waals surface area contributed by atoms with Gasteiger partial charge >= 0.3 is 0 Å². The molecule has 0 spiro atoms. The van der Waals surface area contributed by atoms with Crippen LogP contribution in [-0.2, 0) is 0 Å². The highest BCUT2D eigenvalue weighted by atomic mass is 19.3. The summed E-state index contributed by atoms with van der Waals surface area (Å²) in [6.45, 7) is 3.45. The molecule has 0 saturated carbocycles. The zero-order valence-corrected chi connectivity index (χ0v) is 6.08. The Morgan fingerprint density at radius 1 is 1.22 bits per heavy atom. The SMILES string of the molecule is CCCCC(F)(F)CC. The third-order valence-corrected chi connectivity index (χ3v) is 1.41. The molecule has 0 aliphatic heterocycles. The maximum absolute atomic E-state index is 12.3. The van der Waals surface area contributed by atoms with E-state index in [0.717, 1.165) is 6.42 Å². The first-order chi connectivity index (χ1) is 4.12. The van der Waals surface area contributed by atoms with Gasteiger partial charge in [0.15, 0.2) is 0 Å². The monoisotopic (exact) mass is 136 g/mol. The van der Waals surface area contributed by atoms with Crippen LogP contribution in [0, 0.1) is 0 Å². The van der Waals surface area contributed by atoms with Crippen LogP contribution in [0.25, 0.3) is 0 Å². The Morgan fingerprint density at radius 2 is 1.78 bits per heavy atom. The molecule has 0 rings (SSSR count). The molecule has 2 heteroatoms. The van der Waals surface area contributed by atoms with Crippen molar-refractivity contribution in [2.45, 2.75) is 45.5 Å². The van der Waals surface area contributed by atoms with Gasteiger partial charge in [-0.3, -0.25) is 0 Å². The number of hydrogen-bond acceptors (Lipinski definition) is 0. The van der Waals surface area contributed by atoms with Crippen molar-refractivity contribution in [1.29, 1.82) is 0 Å². The van der Waals surface area contributed by atoms with E-state index in [1.54, 1.807) is 0 Å². The molecule has 0 aliphatic carbocycles. The maximum atomic E-state index is 12.3. The molecule has 0 N–H and O–H groups in total. The first kappa shape index (κ1) is 8.86. The minimum Gasteiger partial charge on any atom is -0.207 e. The fourth-order valence-corrected chi connectivity index (χ4v) is 0.612. The summed E-state index contributed by atoms with van der Waals surface area (Å²) in [5.41, 5.74) is 0. The molecule has 0 aromatic rings. The number of hydrogen-bond donors (Lipinski definition) is 0. The Kier molecular flexibility index (Phi) is 3.75. The van der Waals surface area contributed by atoms with Crippen LogP contribution in [0.5, 0.6) is 0 Å². The second kappa shape index (κ2) is 3.80. The van der Waals surface area contributed by atoms with Crippen LogP contribution in [0.1, 0.15) is 39.5 Å². The lowest BCUT2D eigenvalue weighted by molar-refractivity contribution is -0.0133. The van der Waals surface area contributed by atoms with E-state index < -0.39 is 5.92 Å². The van der Waals surface area contributed by atoms with E-state index in [1.165, 1.54) is 6.92 Å². The highest BCUT2D eigenvalue weighted by molar-refractivity contribution is 4.61. The molecule has 0 atom stereocenters. The van der Waals surface area contributed by atoms with E-state index in [2.05, 4.69) is 0 Å². The number of halogens is 2. The van der Waals surface area contributed by atoms with E-state index in [4.69, 9.17) is 0 Å². The number of rotatable bonds is 4. The van der Waals surface area contributed by atoms with E-state index >= 15 is 0 Å². The minimum atomic E-state index is -2.41. The second-order valence-corrected chi connectivity index (χ2v) is 2.31. The molecule has 0 fully saturated rings. The number of unbranched alkanes of at least 4 members (excludes halogenated alkanes) is 1. The van der Waals surface area contributed by atoms with Crippen LogP contribution in [0.15, 0.2) is 0 Å². The normalized spacial score (nSPS) is 12.0. The van der Waals surface area contributed by atoms with Crippen LogP contribution in [0.2, 0.25) is 0 Å². The molecule has 0 aromatic carbocycles. The van der Waals surface area contributed by atoms with Gasteiger partial charge in [0.25, 0.3) is 0 Å². The van der Waals surface area contributed by atoms with Gasteiger partial charge in [0.1, 0.15) is 0 Å². The zero-order valence-electron chi connectivity index (χ0n) is 6.08. The van der Waals surface area contributed by atoms with Gasteiger partial charge in [0, 0.05) is 12.8 Å². The molecule has 0 aliphatic rings. The van der Waals surface area contributed by atoms with Crippen molar-refractivity contribution in [3.8, 4) is 0 Å². The molecule has 0 bridgehead atoms. The van der Waals surface area contributed by atoms with Crippen molar-refractivity contribution in [1.82, 2.24) is 0 Å². The maximum Gasteiger partial charge on any atom is 0.247 e. The Hall–Kier alpha value is -0.140. The molecule has 0 radical (unpaired) electrons.